The molecule has 1 atom stereocenters. The van der Waals surface area contributed by atoms with Gasteiger partial charge in [-0.3, -0.25) is 4.99 Å². The third kappa shape index (κ3) is 3.19. The Balaban J connectivity index is 4.29. The van der Waals surface area contributed by atoms with Gasteiger partial charge >= 0.3 is 0 Å². The van der Waals surface area contributed by atoms with Crippen molar-refractivity contribution in [2.45, 2.75) is 19.9 Å². The van der Waals surface area contributed by atoms with E-state index >= 15 is 0 Å². The first-order chi connectivity index (χ1) is 5.63. The first kappa shape index (κ1) is 10.7. The fraction of sp³-hybridized carbons (Fsp3) is 0.300. The Kier molecular flexibility index (Phi) is 4.77. The summed E-state index contributed by atoms with van der Waals surface area (Å²) in [4.78, 5) is 3.99. The molecule has 0 aliphatic heterocycles. The van der Waals surface area contributed by atoms with Gasteiger partial charge in [-0.05, 0) is 25.0 Å². The van der Waals surface area contributed by atoms with Gasteiger partial charge in [0.05, 0.1) is 12.4 Å². The number of allylic oxidation sites excluding steroid dienone is 2. The topological polar surface area (TPSA) is 38.4 Å². The molecule has 0 saturated carbocycles. The molecule has 66 valence electrons. The van der Waals surface area contributed by atoms with Crippen molar-refractivity contribution < 1.29 is 0 Å². The van der Waals surface area contributed by atoms with Crippen LogP contribution in [0.2, 0.25) is 0 Å². The van der Waals surface area contributed by atoms with Crippen LogP contribution in [0.5, 0.6) is 0 Å². The van der Waals surface area contributed by atoms with Crippen LogP contribution in [-0.2, 0) is 0 Å². The molecule has 0 fully saturated rings. The smallest absolute Gasteiger partial charge is 0.0805 e. The molecular formula is C10H16N2. The number of aliphatic imine (C=N–C) groups is 1. The molecule has 0 aliphatic rings. The Morgan fingerprint density at radius 1 is 1.50 bits per heavy atom. The van der Waals surface area contributed by atoms with Crippen LogP contribution in [0.25, 0.3) is 0 Å². The lowest BCUT2D eigenvalue weighted by Crippen LogP contribution is -2.05. The molecular weight excluding hydrogens is 148 g/mol. The van der Waals surface area contributed by atoms with E-state index in [-0.39, 0.29) is 6.04 Å². The van der Waals surface area contributed by atoms with Gasteiger partial charge in [0.1, 0.15) is 0 Å². The van der Waals surface area contributed by atoms with Crippen LogP contribution in [0.3, 0.4) is 0 Å². The number of nitrogens with two attached hydrogens (primary N) is 1. The molecule has 0 heterocycles. The van der Waals surface area contributed by atoms with Crippen LogP contribution in [0.1, 0.15) is 13.8 Å². The van der Waals surface area contributed by atoms with Crippen LogP contribution in [0.4, 0.5) is 0 Å². The number of rotatable bonds is 4. The summed E-state index contributed by atoms with van der Waals surface area (Å²) in [6.45, 7) is 11.6. The highest BCUT2D eigenvalue weighted by Crippen LogP contribution is 2.13. The van der Waals surface area contributed by atoms with E-state index in [0.29, 0.717) is 0 Å². The minimum atomic E-state index is 0.0127. The van der Waals surface area contributed by atoms with Gasteiger partial charge < -0.3 is 5.73 Å². The third-order valence-electron chi connectivity index (χ3n) is 1.59. The minimum absolute atomic E-state index is 0.0127. The largest absolute Gasteiger partial charge is 0.390 e. The summed E-state index contributed by atoms with van der Waals surface area (Å²) in [5, 5.41) is 0. The predicted molar refractivity (Wildman–Crippen MR) is 55.2 cm³/mol. The molecule has 2 heteroatoms. The summed E-state index contributed by atoms with van der Waals surface area (Å²) < 4.78 is 0. The van der Waals surface area contributed by atoms with Crippen LogP contribution in [0, 0.1) is 0 Å². The second-order valence-corrected chi connectivity index (χ2v) is 2.52. The molecule has 0 saturated heterocycles. The summed E-state index contributed by atoms with van der Waals surface area (Å²) in [5.74, 6) is 0. The highest BCUT2D eigenvalue weighted by Gasteiger charge is 2.04. The number of hydrogen-bond donors (Lipinski definition) is 1. The zero-order valence-corrected chi connectivity index (χ0v) is 7.75. The van der Waals surface area contributed by atoms with Crippen LogP contribution in [0.15, 0.2) is 41.4 Å². The van der Waals surface area contributed by atoms with Crippen molar-refractivity contribution in [2.75, 3.05) is 0 Å². The fourth-order valence-electron chi connectivity index (χ4n) is 0.796. The van der Waals surface area contributed by atoms with E-state index in [0.717, 1.165) is 11.1 Å². The van der Waals surface area contributed by atoms with Gasteiger partial charge in [-0.25, -0.2) is 0 Å². The van der Waals surface area contributed by atoms with E-state index in [1.807, 2.05) is 26.0 Å². The van der Waals surface area contributed by atoms with Gasteiger partial charge in [-0.2, -0.15) is 0 Å². The first-order valence-electron chi connectivity index (χ1n) is 3.87. The molecule has 0 radical (unpaired) electrons. The van der Waals surface area contributed by atoms with Crippen LogP contribution < -0.4 is 5.73 Å². The Morgan fingerprint density at radius 2 is 2.08 bits per heavy atom. The van der Waals surface area contributed by atoms with E-state index in [4.69, 9.17) is 5.73 Å². The van der Waals surface area contributed by atoms with E-state index in [9.17, 15) is 0 Å². The van der Waals surface area contributed by atoms with Crippen LogP contribution >= 0.6 is 0 Å². The van der Waals surface area contributed by atoms with Crippen molar-refractivity contribution in [3.05, 3.63) is 36.5 Å². The number of nitrogens with zero attached hydrogens (tertiary/aromatic N) is 1. The van der Waals surface area contributed by atoms with E-state index in [2.05, 4.69) is 18.2 Å². The molecule has 0 rings (SSSR count). The molecule has 0 spiro atoms. The standard InChI is InChI=1S/C10H16N2/c1-5-6-8(2)9(3)10(4)12-7-11/h5-7,10H,2-3H2,1,4H3,(H2,11,12)/b6-5-. The van der Waals surface area contributed by atoms with Crippen molar-refractivity contribution in [1.29, 1.82) is 0 Å². The normalized spacial score (nSPS) is 13.8. The van der Waals surface area contributed by atoms with Gasteiger partial charge in [0, 0.05) is 0 Å². The van der Waals surface area contributed by atoms with E-state index in [1.165, 1.54) is 6.34 Å². The molecule has 0 aromatic heterocycles. The minimum Gasteiger partial charge on any atom is -0.390 e. The van der Waals surface area contributed by atoms with Crippen molar-refractivity contribution in [3.8, 4) is 0 Å². The van der Waals surface area contributed by atoms with Gasteiger partial charge in [0.15, 0.2) is 0 Å². The van der Waals surface area contributed by atoms with Crippen molar-refractivity contribution in [3.63, 3.8) is 0 Å². The SMILES string of the molecule is C=C(/C=C\C)C(=C)C(C)N=CN. The zero-order chi connectivity index (χ0) is 9.56. The summed E-state index contributed by atoms with van der Waals surface area (Å²) >= 11 is 0. The second kappa shape index (κ2) is 5.35. The maximum atomic E-state index is 5.16. The Labute approximate surface area is 74.2 Å². The highest BCUT2D eigenvalue weighted by atomic mass is 14.8. The Bertz CT molecular complexity index is 224. The fourth-order valence-corrected chi connectivity index (χ4v) is 0.796. The van der Waals surface area contributed by atoms with Crippen molar-refractivity contribution in [2.24, 2.45) is 10.7 Å². The highest BCUT2D eigenvalue weighted by molar-refractivity contribution is 5.53. The molecule has 0 aromatic carbocycles. The maximum Gasteiger partial charge on any atom is 0.0805 e. The third-order valence-corrected chi connectivity index (χ3v) is 1.59. The van der Waals surface area contributed by atoms with Gasteiger partial charge in [0.25, 0.3) is 0 Å². The van der Waals surface area contributed by atoms with Crippen LogP contribution in [-0.4, -0.2) is 12.4 Å². The van der Waals surface area contributed by atoms with Gasteiger partial charge in [-0.15, -0.1) is 0 Å². The van der Waals surface area contributed by atoms with Gasteiger partial charge in [-0.1, -0.05) is 25.3 Å². The molecule has 2 N–H and O–H groups in total. The summed E-state index contributed by atoms with van der Waals surface area (Å²) in [7, 11) is 0. The summed E-state index contributed by atoms with van der Waals surface area (Å²) in [6.07, 6.45) is 5.12. The second-order valence-electron chi connectivity index (χ2n) is 2.52. The predicted octanol–water partition coefficient (Wildman–Crippen LogP) is 2.05. The Hall–Kier alpha value is -1.31. The quantitative estimate of drug-likeness (QED) is 0.385. The lowest BCUT2D eigenvalue weighted by Gasteiger charge is -2.09. The summed E-state index contributed by atoms with van der Waals surface area (Å²) in [5.41, 5.74) is 6.96. The van der Waals surface area contributed by atoms with Crippen molar-refractivity contribution >= 4 is 6.34 Å². The molecule has 12 heavy (non-hydrogen) atoms. The van der Waals surface area contributed by atoms with E-state index in [1.54, 1.807) is 0 Å². The molecule has 0 bridgehead atoms. The molecule has 1 unspecified atom stereocenters. The van der Waals surface area contributed by atoms with Crippen molar-refractivity contribution in [1.82, 2.24) is 0 Å². The number of hydrogen-bond acceptors (Lipinski definition) is 1. The lowest BCUT2D eigenvalue weighted by atomic mass is 10.0. The zero-order valence-electron chi connectivity index (χ0n) is 7.75. The molecule has 2 nitrogen and oxygen atoms in total. The lowest BCUT2D eigenvalue weighted by molar-refractivity contribution is 0.885. The molecule has 0 aliphatic carbocycles. The maximum absolute atomic E-state index is 5.16. The monoisotopic (exact) mass is 164 g/mol. The van der Waals surface area contributed by atoms with E-state index < -0.39 is 0 Å². The average Bonchev–Trinajstić information content (AvgIpc) is 2.04. The summed E-state index contributed by atoms with van der Waals surface area (Å²) in [6, 6.07) is 0.0127. The molecule has 0 aromatic rings. The average molecular weight is 164 g/mol. The Morgan fingerprint density at radius 3 is 2.50 bits per heavy atom. The first-order valence-corrected chi connectivity index (χ1v) is 3.87. The molecule has 0 amide bonds. The van der Waals surface area contributed by atoms with Gasteiger partial charge in [0.2, 0.25) is 0 Å².